The third kappa shape index (κ3) is 26.9. The molecule has 4 aliphatic rings. The second-order valence-electron chi connectivity index (χ2n) is 22.1. The van der Waals surface area contributed by atoms with E-state index in [-0.39, 0.29) is 84.3 Å². The molecule has 0 amide bonds. The molecule has 4 aliphatic carbocycles. The second kappa shape index (κ2) is 29.9. The maximum atomic E-state index is 4.38. The summed E-state index contributed by atoms with van der Waals surface area (Å²) in [7, 11) is 0. The first-order chi connectivity index (χ1) is 22.6. The predicted octanol–water partition coefficient (Wildman–Crippen LogP) is 17.0. The van der Waals surface area contributed by atoms with Crippen LogP contribution in [0.4, 0.5) is 0 Å². The van der Waals surface area contributed by atoms with E-state index < -0.39 is 0 Å². The van der Waals surface area contributed by atoms with Gasteiger partial charge in [0.05, 0.1) is 0 Å². The first-order valence-corrected chi connectivity index (χ1v) is 21.2. The van der Waals surface area contributed by atoms with E-state index in [1.54, 1.807) is 5.92 Å². The molecule has 0 spiro atoms. The van der Waals surface area contributed by atoms with Gasteiger partial charge in [0.25, 0.3) is 0 Å². The molecule has 0 aromatic heterocycles. The van der Waals surface area contributed by atoms with Gasteiger partial charge < -0.3 is 52.9 Å². The van der Waals surface area contributed by atoms with Crippen molar-refractivity contribution in [1.82, 2.24) is 0 Å². The Morgan fingerprint density at radius 3 is 1.20 bits per heavy atom. The van der Waals surface area contributed by atoms with E-state index in [0.29, 0.717) is 43.8 Å². The number of hydrogen-bond acceptors (Lipinski definition) is 0. The van der Waals surface area contributed by atoms with E-state index in [1.807, 2.05) is 0 Å². The Hall–Kier alpha value is 2.75. The number of rotatable bonds is 2. The molecule has 4 fully saturated rings. The molecule has 0 heterocycles. The molecule has 4 rings (SSSR count). The van der Waals surface area contributed by atoms with Crippen LogP contribution in [0.1, 0.15) is 219 Å². The summed E-state index contributed by atoms with van der Waals surface area (Å²) < 4.78 is 0. The monoisotopic (exact) mass is 1430 g/mol. The van der Waals surface area contributed by atoms with Crippen LogP contribution in [0.2, 0.25) is 0 Å². The van der Waals surface area contributed by atoms with Crippen molar-refractivity contribution in [3.63, 3.8) is 0 Å². The molecule has 4 saturated carbocycles. The summed E-state index contributed by atoms with van der Waals surface area (Å²) in [6.07, 6.45) is 30.8. The Bertz CT molecular complexity index is 805. The average molecular weight is 1430 g/mol. The van der Waals surface area contributed by atoms with Crippen LogP contribution in [0.15, 0.2) is 0 Å². The zero-order valence-corrected chi connectivity index (χ0v) is 50.8. The Kier molecular flexibility index (Phi) is 36.5. The molecule has 0 aromatic carbocycles. The second-order valence-corrected chi connectivity index (χ2v) is 22.1. The van der Waals surface area contributed by atoms with Crippen LogP contribution in [0, 0.1) is 103 Å². The third-order valence-electron chi connectivity index (χ3n) is 13.2. The average Bonchev–Trinajstić information content (AvgIpc) is 3.46. The van der Waals surface area contributed by atoms with E-state index in [4.69, 9.17) is 0 Å². The van der Waals surface area contributed by atoms with Gasteiger partial charge in [0.1, 0.15) is 0 Å². The molecule has 0 saturated heterocycles. The third-order valence-corrected chi connectivity index (χ3v) is 13.2. The first-order valence-electron chi connectivity index (χ1n) is 21.2. The molecule has 0 bridgehead atoms. The minimum absolute atomic E-state index is 0. The summed E-state index contributed by atoms with van der Waals surface area (Å²) in [6, 6.07) is 0. The van der Waals surface area contributed by atoms with Crippen molar-refractivity contribution in [2.45, 2.75) is 219 Å². The number of hydrogen-bond donors (Lipinski definition) is 0. The fraction of sp³-hybridized carbons (Fsp3) is 0.840. The van der Waals surface area contributed by atoms with Crippen LogP contribution in [0.3, 0.4) is 0 Å². The molecule has 0 aromatic rings. The van der Waals surface area contributed by atoms with Crippen LogP contribution in [0.5, 0.6) is 0 Å². The zero-order chi connectivity index (χ0) is 39.1. The van der Waals surface area contributed by atoms with Crippen molar-refractivity contribution >= 4 is 0 Å². The molecular formula is C50H94W4. The Morgan fingerprint density at radius 2 is 0.981 bits per heavy atom. The van der Waals surface area contributed by atoms with Crippen molar-refractivity contribution in [2.75, 3.05) is 0 Å². The molecule has 318 valence electrons. The largest absolute Gasteiger partial charge is 2.00 e. The maximum absolute atomic E-state index is 4.38. The summed E-state index contributed by atoms with van der Waals surface area (Å²) in [5, 5.41) is 0. The Balaban J connectivity index is -0.000000182. The van der Waals surface area contributed by atoms with Crippen LogP contribution >= 0.6 is 0 Å². The van der Waals surface area contributed by atoms with Crippen LogP contribution < -0.4 is 0 Å². The van der Waals surface area contributed by atoms with Gasteiger partial charge in [0.2, 0.25) is 0 Å². The molecule has 0 nitrogen and oxygen atoms in total. The molecule has 0 radical (unpaired) electrons. The van der Waals surface area contributed by atoms with Crippen molar-refractivity contribution in [2.24, 2.45) is 49.7 Å². The SMILES string of the molecule is CC(C)(C)C1CCCCC1.CC(C)(C)[C-]1CC[CH-]CC1.[CH2-]C1(C(C)(C)C)CC[CH-]CC1.[CH2-]C1(C(C)(C)C)C[CH-]CC1.[CH2-]CCC([CH2-])C(C)(C)C.[W+2].[W+2].[W+2].[W+2]. The summed E-state index contributed by atoms with van der Waals surface area (Å²) >= 11 is 0. The maximum Gasteiger partial charge on any atom is 2.00 e. The minimum atomic E-state index is 0. The smallest absolute Gasteiger partial charge is 0.343 e. The molecule has 2 atom stereocenters. The fourth-order valence-corrected chi connectivity index (χ4v) is 7.54. The van der Waals surface area contributed by atoms with E-state index in [9.17, 15) is 0 Å². The summed E-state index contributed by atoms with van der Waals surface area (Å²) in [6.45, 7) is 51.1. The van der Waals surface area contributed by atoms with Gasteiger partial charge in [0, 0.05) is 0 Å². The molecular weight excluding hydrogens is 1340 g/mol. The molecule has 2 unspecified atom stereocenters. The summed E-state index contributed by atoms with van der Waals surface area (Å²) in [5.74, 6) is 3.31. The molecule has 0 aliphatic heterocycles. The van der Waals surface area contributed by atoms with E-state index in [0.717, 1.165) is 18.8 Å². The topological polar surface area (TPSA) is 0 Å². The van der Waals surface area contributed by atoms with Crippen molar-refractivity contribution in [3.05, 3.63) is 52.9 Å². The van der Waals surface area contributed by atoms with Crippen molar-refractivity contribution in [3.8, 4) is 0 Å². The van der Waals surface area contributed by atoms with Gasteiger partial charge in [0.15, 0.2) is 0 Å². The molecule has 0 N–H and O–H groups in total. The Morgan fingerprint density at radius 1 is 0.593 bits per heavy atom. The van der Waals surface area contributed by atoms with E-state index in [1.165, 1.54) is 103 Å². The van der Waals surface area contributed by atoms with Gasteiger partial charge in [-0.05, 0) is 24.2 Å². The van der Waals surface area contributed by atoms with Gasteiger partial charge in [-0.25, -0.2) is 32.1 Å². The van der Waals surface area contributed by atoms with E-state index >= 15 is 0 Å². The van der Waals surface area contributed by atoms with Gasteiger partial charge in [-0.1, -0.05) is 139 Å². The first kappa shape index (κ1) is 65.9. The quantitative estimate of drug-likeness (QED) is 0.242. The summed E-state index contributed by atoms with van der Waals surface area (Å²) in [5.41, 5.74) is 2.81. The zero-order valence-electron chi connectivity index (χ0n) is 39.1. The fourth-order valence-electron chi connectivity index (χ4n) is 7.54. The van der Waals surface area contributed by atoms with Crippen LogP contribution in [-0.2, 0) is 84.3 Å². The van der Waals surface area contributed by atoms with Gasteiger partial charge in [-0.2, -0.15) is 47.8 Å². The van der Waals surface area contributed by atoms with Crippen molar-refractivity contribution in [1.29, 1.82) is 0 Å². The summed E-state index contributed by atoms with van der Waals surface area (Å²) in [4.78, 5) is 0. The van der Waals surface area contributed by atoms with Crippen molar-refractivity contribution < 1.29 is 84.3 Å². The standard InChI is InChI=1S/C11H20.C10H18.C10H20.C10H18.C9H18.4W/c1-10(2,3)11(4)8-6-5-7-9-11;1-9(2,3)10(4)7-5-6-8-10;2*1-10(2,3)9-7-5-4-6-8-9;1-6-7-8(2)9(3,4)5;;;;/h5H,4,6-9H2,1-3H3;5H,4,6-8H2,1-3H3;9H,4-8H2,1-3H3;4H,5-8H2,1-3H3;8H,1-2,6-7H2,3-5H3;;;;/q2*-2;;2*-2;4*+2. The molecule has 54 heavy (non-hydrogen) atoms. The predicted molar refractivity (Wildman–Crippen MR) is 230 cm³/mol. The van der Waals surface area contributed by atoms with Gasteiger partial charge in [-0.3, -0.25) is 0 Å². The van der Waals surface area contributed by atoms with Gasteiger partial charge in [-0.15, -0.1) is 25.7 Å². The molecule has 4 heteroatoms. The Labute approximate surface area is 402 Å². The minimum Gasteiger partial charge on any atom is -0.343 e. The van der Waals surface area contributed by atoms with E-state index in [2.05, 4.69) is 151 Å². The normalized spacial score (nSPS) is 22.7. The van der Waals surface area contributed by atoms with Gasteiger partial charge >= 0.3 is 84.3 Å². The van der Waals surface area contributed by atoms with Crippen LogP contribution in [-0.4, -0.2) is 0 Å². The van der Waals surface area contributed by atoms with Crippen LogP contribution in [0.25, 0.3) is 0 Å².